The van der Waals surface area contributed by atoms with Gasteiger partial charge in [-0.25, -0.2) is 4.98 Å². The van der Waals surface area contributed by atoms with Gasteiger partial charge < -0.3 is 11.1 Å². The number of hydrogen-bond donors (Lipinski definition) is 2. The second-order valence-corrected chi connectivity index (χ2v) is 10.1. The van der Waals surface area contributed by atoms with Crippen molar-refractivity contribution in [3.8, 4) is 11.5 Å². The Labute approximate surface area is 198 Å². The predicted octanol–water partition coefficient (Wildman–Crippen LogP) is 3.32. The number of carbonyl (C=O) groups is 1. The Morgan fingerprint density at radius 2 is 2.00 bits per heavy atom. The maximum Gasteiger partial charge on any atom is 0.251 e. The van der Waals surface area contributed by atoms with Crippen LogP contribution >= 0.6 is 0 Å². The second-order valence-electron chi connectivity index (χ2n) is 10.1. The number of nitrogens with zero attached hydrogens (tertiary/aromatic N) is 5. The molecule has 2 atom stereocenters. The van der Waals surface area contributed by atoms with Crippen molar-refractivity contribution in [2.45, 2.75) is 50.7 Å². The molecule has 4 aromatic rings. The predicted molar refractivity (Wildman–Crippen MR) is 131 cm³/mol. The number of likely N-dealkylation sites (tertiary alicyclic amines) is 1. The number of hydrogen-bond acceptors (Lipinski definition) is 6. The number of rotatable bonds is 5. The number of aromatic nitrogens is 4. The average molecular weight is 456 g/mol. The van der Waals surface area contributed by atoms with E-state index in [9.17, 15) is 4.79 Å². The zero-order valence-corrected chi connectivity index (χ0v) is 19.5. The zero-order valence-electron chi connectivity index (χ0n) is 19.5. The molecule has 1 aliphatic carbocycles. The van der Waals surface area contributed by atoms with Crippen LogP contribution in [0.1, 0.15) is 55.1 Å². The van der Waals surface area contributed by atoms with Gasteiger partial charge in [0.2, 0.25) is 0 Å². The molecule has 6 rings (SSSR count). The van der Waals surface area contributed by atoms with Gasteiger partial charge in [-0.1, -0.05) is 18.2 Å². The number of carbonyl (C=O) groups excluding carboxylic acids is 1. The van der Waals surface area contributed by atoms with Crippen molar-refractivity contribution in [2.24, 2.45) is 5.73 Å². The Bertz CT molecular complexity index is 1410. The summed E-state index contributed by atoms with van der Waals surface area (Å²) >= 11 is 0. The van der Waals surface area contributed by atoms with Crippen molar-refractivity contribution in [1.82, 2.24) is 29.8 Å². The fourth-order valence-corrected chi connectivity index (χ4v) is 4.75. The molecule has 0 unspecified atom stereocenters. The highest BCUT2D eigenvalue weighted by Gasteiger charge is 2.38. The minimum absolute atomic E-state index is 0.0534. The molecule has 34 heavy (non-hydrogen) atoms. The molecule has 3 aromatic heterocycles. The van der Waals surface area contributed by atoms with Gasteiger partial charge in [-0.15, -0.1) is 10.2 Å². The summed E-state index contributed by atoms with van der Waals surface area (Å²) < 4.78 is 2.00. The number of nitrogens with one attached hydrogen (secondary N) is 1. The summed E-state index contributed by atoms with van der Waals surface area (Å²) in [4.78, 5) is 20.0. The standard InChI is InChI=1S/C26H29N7O/c1-16(32-12-9-20(27)15-32)19-6-8-23-30-31-24(33(23)14-19)21-7-5-17-3-4-18(13-22(17)28-21)25(34)29-26(2)10-11-26/h3-8,13-14,16,20H,9-12,15,27H2,1-2H3,(H,29,34)/t16-,20+/m0/s1. The van der Waals surface area contributed by atoms with Crippen LogP contribution in [0, 0.1) is 0 Å². The first-order valence-corrected chi connectivity index (χ1v) is 12.0. The Hall–Kier alpha value is -3.36. The smallest absolute Gasteiger partial charge is 0.251 e. The Morgan fingerprint density at radius 3 is 2.76 bits per heavy atom. The molecule has 0 spiro atoms. The number of fused-ring (bicyclic) bond motifs is 2. The van der Waals surface area contributed by atoms with Crippen molar-refractivity contribution < 1.29 is 4.79 Å². The van der Waals surface area contributed by atoms with Gasteiger partial charge in [0.05, 0.1) is 5.52 Å². The van der Waals surface area contributed by atoms with Crippen molar-refractivity contribution in [2.75, 3.05) is 13.1 Å². The van der Waals surface area contributed by atoms with E-state index in [2.05, 4.69) is 46.5 Å². The van der Waals surface area contributed by atoms with E-state index in [4.69, 9.17) is 10.7 Å². The number of amides is 1. The Balaban J connectivity index is 1.34. The number of pyridine rings is 2. The maximum absolute atomic E-state index is 12.7. The van der Waals surface area contributed by atoms with Crippen molar-refractivity contribution in [1.29, 1.82) is 0 Å². The Kier molecular flexibility index (Phi) is 4.89. The molecule has 1 saturated carbocycles. The van der Waals surface area contributed by atoms with Gasteiger partial charge in [0.25, 0.3) is 5.91 Å². The van der Waals surface area contributed by atoms with Crippen LogP contribution in [0.4, 0.5) is 0 Å². The molecule has 8 nitrogen and oxygen atoms in total. The molecule has 2 aliphatic rings. The van der Waals surface area contributed by atoms with Crippen LogP contribution in [0.5, 0.6) is 0 Å². The third-order valence-corrected chi connectivity index (χ3v) is 7.31. The minimum atomic E-state index is -0.0588. The van der Waals surface area contributed by atoms with Crippen molar-refractivity contribution in [3.05, 3.63) is 59.8 Å². The summed E-state index contributed by atoms with van der Waals surface area (Å²) in [6.45, 7) is 6.21. The molecular weight excluding hydrogens is 426 g/mol. The second kappa shape index (κ2) is 7.85. The minimum Gasteiger partial charge on any atom is -0.347 e. The quantitative estimate of drug-likeness (QED) is 0.479. The highest BCUT2D eigenvalue weighted by atomic mass is 16.1. The summed E-state index contributed by atoms with van der Waals surface area (Å²) in [6.07, 6.45) is 5.19. The molecule has 2 fully saturated rings. The van der Waals surface area contributed by atoms with E-state index in [-0.39, 0.29) is 23.5 Å². The molecule has 1 amide bonds. The van der Waals surface area contributed by atoms with Crippen LogP contribution in [0.3, 0.4) is 0 Å². The first-order valence-electron chi connectivity index (χ1n) is 12.0. The third kappa shape index (κ3) is 3.82. The SMILES string of the molecule is C[C@@H](c1ccc2nnc(-c3ccc4ccc(C(=O)NC5(C)CC5)cc4n3)n2c1)N1CC[C@@H](N)C1. The fraction of sp³-hybridized carbons (Fsp3) is 0.385. The first-order chi connectivity index (χ1) is 16.4. The normalized spacial score (nSPS) is 20.6. The zero-order chi connectivity index (χ0) is 23.4. The molecule has 1 aromatic carbocycles. The van der Waals surface area contributed by atoms with Crippen LogP contribution in [-0.2, 0) is 0 Å². The summed E-state index contributed by atoms with van der Waals surface area (Å²) in [7, 11) is 0. The van der Waals surface area contributed by atoms with Crippen LogP contribution in [-0.4, -0.2) is 55.1 Å². The first kappa shape index (κ1) is 21.2. The molecular formula is C26H29N7O. The lowest BCUT2D eigenvalue weighted by atomic mass is 10.1. The summed E-state index contributed by atoms with van der Waals surface area (Å²) in [5, 5.41) is 12.9. The molecule has 4 heterocycles. The maximum atomic E-state index is 12.7. The summed E-state index contributed by atoms with van der Waals surface area (Å²) in [5.74, 6) is 0.631. The lowest BCUT2D eigenvalue weighted by molar-refractivity contribution is 0.0935. The van der Waals surface area contributed by atoms with Gasteiger partial charge >= 0.3 is 0 Å². The van der Waals surface area contributed by atoms with Gasteiger partial charge in [0.1, 0.15) is 5.69 Å². The van der Waals surface area contributed by atoms with Crippen LogP contribution in [0.2, 0.25) is 0 Å². The van der Waals surface area contributed by atoms with E-state index >= 15 is 0 Å². The molecule has 0 bridgehead atoms. The molecule has 174 valence electrons. The molecule has 0 radical (unpaired) electrons. The van der Waals surface area contributed by atoms with E-state index in [0.717, 1.165) is 54.6 Å². The van der Waals surface area contributed by atoms with E-state index in [1.807, 2.05) is 40.8 Å². The van der Waals surface area contributed by atoms with Crippen molar-refractivity contribution >= 4 is 22.5 Å². The van der Waals surface area contributed by atoms with E-state index in [0.29, 0.717) is 11.4 Å². The van der Waals surface area contributed by atoms with Gasteiger partial charge in [0.15, 0.2) is 11.5 Å². The van der Waals surface area contributed by atoms with Gasteiger partial charge in [-0.2, -0.15) is 0 Å². The van der Waals surface area contributed by atoms with Crippen LogP contribution in [0.25, 0.3) is 28.1 Å². The monoisotopic (exact) mass is 455 g/mol. The average Bonchev–Trinajstić information content (AvgIpc) is 3.21. The molecule has 1 saturated heterocycles. The van der Waals surface area contributed by atoms with Gasteiger partial charge in [0, 0.05) is 47.9 Å². The molecule has 1 aliphatic heterocycles. The van der Waals surface area contributed by atoms with E-state index < -0.39 is 0 Å². The van der Waals surface area contributed by atoms with E-state index in [1.54, 1.807) is 0 Å². The largest absolute Gasteiger partial charge is 0.347 e. The summed E-state index contributed by atoms with van der Waals surface area (Å²) in [5.41, 5.74) is 10.1. The molecule has 3 N–H and O–H groups in total. The number of benzene rings is 1. The van der Waals surface area contributed by atoms with Gasteiger partial charge in [-0.3, -0.25) is 14.1 Å². The van der Waals surface area contributed by atoms with Crippen LogP contribution < -0.4 is 11.1 Å². The fourth-order valence-electron chi connectivity index (χ4n) is 4.75. The lowest BCUT2D eigenvalue weighted by Crippen LogP contribution is -2.34. The molecule has 8 heteroatoms. The Morgan fingerprint density at radius 1 is 1.18 bits per heavy atom. The third-order valence-electron chi connectivity index (χ3n) is 7.31. The highest BCUT2D eigenvalue weighted by Crippen LogP contribution is 2.34. The lowest BCUT2D eigenvalue weighted by Gasteiger charge is -2.24. The van der Waals surface area contributed by atoms with Crippen molar-refractivity contribution in [3.63, 3.8) is 0 Å². The topological polar surface area (TPSA) is 101 Å². The van der Waals surface area contributed by atoms with Gasteiger partial charge in [-0.05, 0) is 62.9 Å². The highest BCUT2D eigenvalue weighted by molar-refractivity contribution is 5.98. The van der Waals surface area contributed by atoms with Crippen LogP contribution in [0.15, 0.2) is 48.7 Å². The number of nitrogens with two attached hydrogens (primary N) is 1. The summed E-state index contributed by atoms with van der Waals surface area (Å²) in [6, 6.07) is 14.2. The van der Waals surface area contributed by atoms with E-state index in [1.165, 1.54) is 5.56 Å².